The van der Waals surface area contributed by atoms with Crippen LogP contribution in [0.3, 0.4) is 0 Å². The van der Waals surface area contributed by atoms with Crippen LogP contribution in [0, 0.1) is 0 Å². The van der Waals surface area contributed by atoms with Crippen LogP contribution in [0.5, 0.6) is 0 Å². The van der Waals surface area contributed by atoms with Crippen molar-refractivity contribution in [3.63, 3.8) is 0 Å². The molecule has 2 heterocycles. The van der Waals surface area contributed by atoms with Gasteiger partial charge in [0.15, 0.2) is 0 Å². The second-order valence-corrected chi connectivity index (χ2v) is 4.89. The summed E-state index contributed by atoms with van der Waals surface area (Å²) in [6.45, 7) is 12.1. The van der Waals surface area contributed by atoms with Crippen molar-refractivity contribution in [1.82, 2.24) is 20.4 Å². The summed E-state index contributed by atoms with van der Waals surface area (Å²) in [5.74, 6) is 0. The highest BCUT2D eigenvalue weighted by Crippen LogP contribution is 1.99. The van der Waals surface area contributed by atoms with Gasteiger partial charge in [-0.1, -0.05) is 0 Å². The zero-order valence-electron chi connectivity index (χ0n) is 10.4. The first kappa shape index (κ1) is 12.3. The molecule has 0 aromatic carbocycles. The van der Waals surface area contributed by atoms with E-state index in [0.717, 1.165) is 19.6 Å². The lowest BCUT2D eigenvalue weighted by atomic mass is 10.3. The van der Waals surface area contributed by atoms with E-state index in [0.29, 0.717) is 0 Å². The average Bonchev–Trinajstić information content (AvgIpc) is 2.34. The molecule has 4 nitrogen and oxygen atoms in total. The summed E-state index contributed by atoms with van der Waals surface area (Å²) < 4.78 is 0. The third kappa shape index (κ3) is 4.37. The Bertz CT molecular complexity index is 168. The van der Waals surface area contributed by atoms with Crippen molar-refractivity contribution in [3.8, 4) is 0 Å². The molecular formula is C12H26N4. The number of nitrogens with zero attached hydrogens (tertiary/aromatic N) is 2. The molecular weight excluding hydrogens is 200 g/mol. The van der Waals surface area contributed by atoms with Crippen LogP contribution in [0.25, 0.3) is 0 Å². The molecule has 0 aliphatic carbocycles. The van der Waals surface area contributed by atoms with Gasteiger partial charge in [-0.3, -0.25) is 0 Å². The van der Waals surface area contributed by atoms with E-state index in [9.17, 15) is 0 Å². The summed E-state index contributed by atoms with van der Waals surface area (Å²) >= 11 is 0. The second-order valence-electron chi connectivity index (χ2n) is 4.89. The highest BCUT2D eigenvalue weighted by atomic mass is 15.2. The maximum Gasteiger partial charge on any atom is 0.0107 e. The van der Waals surface area contributed by atoms with Crippen molar-refractivity contribution in [1.29, 1.82) is 0 Å². The van der Waals surface area contributed by atoms with Gasteiger partial charge in [-0.2, -0.15) is 0 Å². The Morgan fingerprint density at radius 2 is 1.00 bits per heavy atom. The maximum absolute atomic E-state index is 3.55. The third-order valence-corrected chi connectivity index (χ3v) is 3.59. The van der Waals surface area contributed by atoms with Gasteiger partial charge in [-0.25, -0.2) is 0 Å². The highest BCUT2D eigenvalue weighted by molar-refractivity contribution is 4.70. The molecule has 2 aliphatic rings. The predicted octanol–water partition coefficient (Wildman–Crippen LogP) is -0.423. The quantitative estimate of drug-likeness (QED) is 0.587. The van der Waals surface area contributed by atoms with E-state index in [1.165, 1.54) is 58.7 Å². The Balaban J connectivity index is 1.90. The summed E-state index contributed by atoms with van der Waals surface area (Å²) in [7, 11) is 0. The van der Waals surface area contributed by atoms with Gasteiger partial charge in [-0.15, -0.1) is 0 Å². The molecule has 2 aliphatic heterocycles. The average molecular weight is 226 g/mol. The van der Waals surface area contributed by atoms with Crippen LogP contribution >= 0.6 is 0 Å². The van der Waals surface area contributed by atoms with Gasteiger partial charge in [0.1, 0.15) is 0 Å². The van der Waals surface area contributed by atoms with Crippen LogP contribution in [0.15, 0.2) is 0 Å². The molecule has 2 unspecified atom stereocenters. The van der Waals surface area contributed by atoms with Gasteiger partial charge < -0.3 is 20.4 Å². The highest BCUT2D eigenvalue weighted by Gasteiger charge is 2.11. The molecule has 0 spiro atoms. The Labute approximate surface area is 99.4 Å². The van der Waals surface area contributed by atoms with Crippen LogP contribution < -0.4 is 10.6 Å². The Hall–Kier alpha value is -0.160. The smallest absolute Gasteiger partial charge is 0.0107 e. The molecule has 2 bridgehead atoms. The summed E-state index contributed by atoms with van der Waals surface area (Å²) in [4.78, 5) is 5.21. The third-order valence-electron chi connectivity index (χ3n) is 3.59. The van der Waals surface area contributed by atoms with Gasteiger partial charge in [0.25, 0.3) is 0 Å². The van der Waals surface area contributed by atoms with Gasteiger partial charge in [-0.05, 0) is 39.0 Å². The molecule has 0 radical (unpaired) electrons. The fourth-order valence-electron chi connectivity index (χ4n) is 2.58. The zero-order chi connectivity index (χ0) is 11.1. The number of nitrogens with one attached hydrogen (secondary N) is 2. The fourth-order valence-corrected chi connectivity index (χ4v) is 2.58. The van der Waals surface area contributed by atoms with Gasteiger partial charge in [0.2, 0.25) is 0 Å². The van der Waals surface area contributed by atoms with Gasteiger partial charge in [0.05, 0.1) is 0 Å². The van der Waals surface area contributed by atoms with Crippen LogP contribution in [0.1, 0.15) is 12.8 Å². The largest absolute Gasteiger partial charge is 0.315 e. The summed E-state index contributed by atoms with van der Waals surface area (Å²) in [6.07, 6.45) is 2.62. The van der Waals surface area contributed by atoms with Crippen molar-refractivity contribution >= 4 is 0 Å². The minimum atomic E-state index is 1.15. The fraction of sp³-hybridized carbons (Fsp3) is 1.00. The molecule has 2 atom stereocenters. The monoisotopic (exact) mass is 226 g/mol. The van der Waals surface area contributed by atoms with Gasteiger partial charge in [0, 0.05) is 39.3 Å². The Kier molecular flexibility index (Phi) is 5.55. The van der Waals surface area contributed by atoms with Crippen LogP contribution in [-0.4, -0.2) is 75.2 Å². The molecule has 2 saturated heterocycles. The molecule has 0 aromatic rings. The van der Waals surface area contributed by atoms with Gasteiger partial charge >= 0.3 is 0 Å². The maximum atomic E-state index is 3.55. The van der Waals surface area contributed by atoms with Crippen molar-refractivity contribution in [2.45, 2.75) is 12.8 Å². The Morgan fingerprint density at radius 3 is 1.69 bits per heavy atom. The van der Waals surface area contributed by atoms with Crippen molar-refractivity contribution < 1.29 is 0 Å². The molecule has 2 fully saturated rings. The number of hydrogen-bond acceptors (Lipinski definition) is 4. The van der Waals surface area contributed by atoms with E-state index in [-0.39, 0.29) is 0 Å². The summed E-state index contributed by atoms with van der Waals surface area (Å²) in [5, 5.41) is 7.10. The normalized spacial score (nSPS) is 34.5. The van der Waals surface area contributed by atoms with E-state index in [1.807, 2.05) is 0 Å². The molecule has 0 amide bonds. The first-order valence-electron chi connectivity index (χ1n) is 6.81. The first-order valence-corrected chi connectivity index (χ1v) is 6.81. The topological polar surface area (TPSA) is 30.5 Å². The molecule has 4 heteroatoms. The summed E-state index contributed by atoms with van der Waals surface area (Å²) in [6, 6.07) is 0. The lowest BCUT2D eigenvalue weighted by Crippen LogP contribution is -2.41. The first-order chi connectivity index (χ1) is 7.95. The lowest BCUT2D eigenvalue weighted by molar-refractivity contribution is 0.218. The SMILES string of the molecule is C1CNCCN2CCCN(C1)CCNCC2. The van der Waals surface area contributed by atoms with E-state index in [1.54, 1.807) is 0 Å². The van der Waals surface area contributed by atoms with Crippen LogP contribution in [0.2, 0.25) is 0 Å². The molecule has 0 saturated carbocycles. The number of fused-ring (bicyclic) bond motifs is 4. The van der Waals surface area contributed by atoms with Crippen molar-refractivity contribution in [2.75, 3.05) is 65.4 Å². The minimum absolute atomic E-state index is 1.15. The molecule has 2 rings (SSSR count). The molecule has 94 valence electrons. The van der Waals surface area contributed by atoms with E-state index in [2.05, 4.69) is 20.4 Å². The molecule has 16 heavy (non-hydrogen) atoms. The van der Waals surface area contributed by atoms with E-state index >= 15 is 0 Å². The second kappa shape index (κ2) is 7.22. The van der Waals surface area contributed by atoms with Crippen molar-refractivity contribution in [2.24, 2.45) is 0 Å². The van der Waals surface area contributed by atoms with Crippen LogP contribution in [-0.2, 0) is 0 Å². The zero-order valence-corrected chi connectivity index (χ0v) is 10.4. The number of hydrogen-bond donors (Lipinski definition) is 2. The van der Waals surface area contributed by atoms with Crippen molar-refractivity contribution in [3.05, 3.63) is 0 Å². The minimum Gasteiger partial charge on any atom is -0.315 e. The summed E-state index contributed by atoms with van der Waals surface area (Å²) in [5.41, 5.74) is 0. The standard InChI is InChI=1S/C12H26N4/c1-3-13-4-11-16-9-2-8-15(7-1)10-5-14-6-12-16/h13-14H,1-12H2. The predicted molar refractivity (Wildman–Crippen MR) is 67.9 cm³/mol. The molecule has 2 N–H and O–H groups in total. The lowest BCUT2D eigenvalue weighted by Gasteiger charge is -2.27. The Morgan fingerprint density at radius 1 is 0.500 bits per heavy atom. The van der Waals surface area contributed by atoms with Crippen LogP contribution in [0.4, 0.5) is 0 Å². The van der Waals surface area contributed by atoms with E-state index < -0.39 is 0 Å². The molecule has 0 aromatic heterocycles. The number of rotatable bonds is 0. The van der Waals surface area contributed by atoms with E-state index in [4.69, 9.17) is 0 Å².